The van der Waals surface area contributed by atoms with Gasteiger partial charge in [0.15, 0.2) is 0 Å². The maximum atomic E-state index is 9.73. The first-order valence-electron chi connectivity index (χ1n) is 7.15. The Morgan fingerprint density at radius 1 is 1.19 bits per heavy atom. The van der Waals surface area contributed by atoms with Gasteiger partial charge in [0.25, 0.3) is 0 Å². The molecule has 0 amide bonds. The molecule has 110 valence electrons. The number of aliphatic hydroxyl groups excluding tert-OH is 1. The highest BCUT2D eigenvalue weighted by Gasteiger charge is 2.14. The molecule has 0 bridgehead atoms. The Labute approximate surface area is 131 Å². The molecule has 1 N–H and O–H groups in total. The second-order valence-corrected chi connectivity index (χ2v) is 7.42. The summed E-state index contributed by atoms with van der Waals surface area (Å²) in [5, 5.41) is 18.6. The van der Waals surface area contributed by atoms with E-state index in [2.05, 4.69) is 45.0 Å². The maximum absolute atomic E-state index is 9.73. The van der Waals surface area contributed by atoms with Crippen molar-refractivity contribution in [2.75, 3.05) is 0 Å². The number of rotatable bonds is 3. The van der Waals surface area contributed by atoms with Gasteiger partial charge in [0, 0.05) is 5.75 Å². The molecule has 3 heteroatoms. The molecule has 0 saturated carbocycles. The summed E-state index contributed by atoms with van der Waals surface area (Å²) in [6.07, 6.45) is 3.22. The number of nitrogens with zero attached hydrogens (tertiary/aromatic N) is 1. The lowest BCUT2D eigenvalue weighted by Gasteiger charge is -2.19. The highest BCUT2D eigenvalue weighted by atomic mass is 32.2. The smallest absolute Gasteiger partial charge is 0.130 e. The van der Waals surface area contributed by atoms with Crippen LogP contribution >= 0.6 is 11.8 Å². The van der Waals surface area contributed by atoms with Gasteiger partial charge in [-0.2, -0.15) is 5.26 Å². The van der Waals surface area contributed by atoms with E-state index in [0.717, 1.165) is 17.1 Å². The van der Waals surface area contributed by atoms with Crippen LogP contribution in [-0.2, 0) is 11.2 Å². The van der Waals surface area contributed by atoms with Gasteiger partial charge in [-0.05, 0) is 40.4 Å². The Hall–Kier alpha value is -1.66. The molecule has 1 aliphatic carbocycles. The third-order valence-electron chi connectivity index (χ3n) is 3.61. The van der Waals surface area contributed by atoms with Gasteiger partial charge < -0.3 is 5.11 Å². The molecular formula is C18H21NOS. The predicted molar refractivity (Wildman–Crippen MR) is 89.0 cm³/mol. The normalized spacial score (nSPS) is 15.6. The van der Waals surface area contributed by atoms with Crippen LogP contribution in [-0.4, -0.2) is 5.11 Å². The quantitative estimate of drug-likeness (QED) is 0.831. The van der Waals surface area contributed by atoms with Crippen molar-refractivity contribution < 1.29 is 5.11 Å². The van der Waals surface area contributed by atoms with Crippen LogP contribution in [0.3, 0.4) is 0 Å². The van der Waals surface area contributed by atoms with E-state index in [9.17, 15) is 5.11 Å². The first kappa shape index (κ1) is 15.7. The van der Waals surface area contributed by atoms with Gasteiger partial charge in [-0.15, -0.1) is 11.8 Å². The molecule has 0 fully saturated rings. The summed E-state index contributed by atoms with van der Waals surface area (Å²) in [5.41, 5.74) is 3.30. The van der Waals surface area contributed by atoms with Crippen LogP contribution in [0.4, 0.5) is 0 Å². The van der Waals surface area contributed by atoms with E-state index in [1.54, 1.807) is 17.8 Å². The van der Waals surface area contributed by atoms with Crippen molar-refractivity contribution in [1.82, 2.24) is 0 Å². The van der Waals surface area contributed by atoms with E-state index in [1.807, 2.05) is 6.07 Å². The second kappa shape index (κ2) is 6.41. The van der Waals surface area contributed by atoms with Gasteiger partial charge in [0.1, 0.15) is 5.76 Å². The van der Waals surface area contributed by atoms with Crippen LogP contribution in [0.25, 0.3) is 0 Å². The molecule has 2 rings (SSSR count). The summed E-state index contributed by atoms with van der Waals surface area (Å²) in [6.45, 7) is 6.64. The van der Waals surface area contributed by atoms with Crippen LogP contribution in [0.5, 0.6) is 0 Å². The van der Waals surface area contributed by atoms with Gasteiger partial charge in [-0.25, -0.2) is 0 Å². The average Bonchev–Trinajstić information content (AvgIpc) is 2.45. The first-order valence-corrected chi connectivity index (χ1v) is 8.13. The SMILES string of the molecule is CC(C)(C)c1ccc(CSC2=CC(O)=C(C#N)CC2)cc1. The molecular weight excluding hydrogens is 278 g/mol. The Morgan fingerprint density at radius 2 is 1.86 bits per heavy atom. The lowest BCUT2D eigenvalue weighted by Crippen LogP contribution is -2.10. The molecule has 0 spiro atoms. The molecule has 0 heterocycles. The standard InChI is InChI=1S/C18H21NOS/c1-18(2,3)15-7-4-13(5-8-15)12-21-16-9-6-14(11-19)17(20)10-16/h4-5,7-8,10,20H,6,9,12H2,1-3H3. The van der Waals surface area contributed by atoms with Crippen molar-refractivity contribution >= 4 is 11.8 Å². The van der Waals surface area contributed by atoms with E-state index in [-0.39, 0.29) is 11.2 Å². The molecule has 0 saturated heterocycles. The Kier molecular flexibility index (Phi) is 4.80. The van der Waals surface area contributed by atoms with Crippen molar-refractivity contribution in [3.63, 3.8) is 0 Å². The van der Waals surface area contributed by atoms with Crippen molar-refractivity contribution in [1.29, 1.82) is 5.26 Å². The van der Waals surface area contributed by atoms with Gasteiger partial charge in [0.2, 0.25) is 0 Å². The van der Waals surface area contributed by atoms with Crippen molar-refractivity contribution in [3.05, 3.63) is 57.7 Å². The number of nitriles is 1. The predicted octanol–water partition coefficient (Wildman–Crippen LogP) is 5.23. The lowest BCUT2D eigenvalue weighted by atomic mass is 9.87. The minimum Gasteiger partial charge on any atom is -0.507 e. The lowest BCUT2D eigenvalue weighted by molar-refractivity contribution is 0.422. The largest absolute Gasteiger partial charge is 0.507 e. The summed E-state index contributed by atoms with van der Waals surface area (Å²) >= 11 is 1.74. The minimum atomic E-state index is 0.134. The molecule has 2 nitrogen and oxygen atoms in total. The summed E-state index contributed by atoms with van der Waals surface area (Å²) in [5.74, 6) is 1.03. The maximum Gasteiger partial charge on any atom is 0.130 e. The monoisotopic (exact) mass is 299 g/mol. The molecule has 0 radical (unpaired) electrons. The highest BCUT2D eigenvalue weighted by Crippen LogP contribution is 2.32. The Balaban J connectivity index is 1.99. The van der Waals surface area contributed by atoms with Crippen molar-refractivity contribution in [2.24, 2.45) is 0 Å². The number of thioether (sulfide) groups is 1. The van der Waals surface area contributed by atoms with Crippen molar-refractivity contribution in [2.45, 2.75) is 44.8 Å². The first-order chi connectivity index (χ1) is 9.90. The van der Waals surface area contributed by atoms with E-state index >= 15 is 0 Å². The minimum absolute atomic E-state index is 0.134. The number of hydrogen-bond donors (Lipinski definition) is 1. The van der Waals surface area contributed by atoms with Crippen LogP contribution < -0.4 is 0 Å². The molecule has 1 aliphatic rings. The molecule has 0 atom stereocenters. The van der Waals surface area contributed by atoms with E-state index in [1.165, 1.54) is 11.1 Å². The fourth-order valence-corrected chi connectivity index (χ4v) is 3.18. The summed E-state index contributed by atoms with van der Waals surface area (Å²) < 4.78 is 0. The van der Waals surface area contributed by atoms with Gasteiger partial charge in [0.05, 0.1) is 11.6 Å². The van der Waals surface area contributed by atoms with Gasteiger partial charge in [-0.3, -0.25) is 0 Å². The average molecular weight is 299 g/mol. The Morgan fingerprint density at radius 3 is 2.38 bits per heavy atom. The molecule has 21 heavy (non-hydrogen) atoms. The number of hydrogen-bond acceptors (Lipinski definition) is 3. The van der Waals surface area contributed by atoms with E-state index in [0.29, 0.717) is 12.0 Å². The molecule has 1 aromatic rings. The summed E-state index contributed by atoms with van der Waals surface area (Å²) in [4.78, 5) is 1.14. The van der Waals surface area contributed by atoms with Crippen molar-refractivity contribution in [3.8, 4) is 6.07 Å². The Bertz CT molecular complexity index is 612. The fraction of sp³-hybridized carbons (Fsp3) is 0.389. The van der Waals surface area contributed by atoms with Crippen LogP contribution in [0, 0.1) is 11.3 Å². The molecule has 0 aromatic heterocycles. The summed E-state index contributed by atoms with van der Waals surface area (Å²) in [6, 6.07) is 10.8. The number of allylic oxidation sites excluding steroid dienone is 3. The second-order valence-electron chi connectivity index (χ2n) is 6.32. The third kappa shape index (κ3) is 4.15. The van der Waals surface area contributed by atoms with Gasteiger partial charge in [-0.1, -0.05) is 45.0 Å². The zero-order valence-electron chi connectivity index (χ0n) is 12.8. The number of benzene rings is 1. The highest BCUT2D eigenvalue weighted by molar-refractivity contribution is 8.02. The van der Waals surface area contributed by atoms with Gasteiger partial charge >= 0.3 is 0 Å². The summed E-state index contributed by atoms with van der Waals surface area (Å²) in [7, 11) is 0. The number of aliphatic hydroxyl groups is 1. The zero-order chi connectivity index (χ0) is 15.5. The van der Waals surface area contributed by atoms with E-state index < -0.39 is 0 Å². The molecule has 0 unspecified atom stereocenters. The topological polar surface area (TPSA) is 44.0 Å². The zero-order valence-corrected chi connectivity index (χ0v) is 13.6. The van der Waals surface area contributed by atoms with E-state index in [4.69, 9.17) is 5.26 Å². The fourth-order valence-electron chi connectivity index (χ4n) is 2.19. The van der Waals surface area contributed by atoms with Crippen LogP contribution in [0.2, 0.25) is 0 Å². The third-order valence-corrected chi connectivity index (χ3v) is 4.78. The molecule has 0 aliphatic heterocycles. The molecule has 1 aromatic carbocycles. The van der Waals surface area contributed by atoms with Crippen LogP contribution in [0.1, 0.15) is 44.7 Å². The van der Waals surface area contributed by atoms with Crippen LogP contribution in [0.15, 0.2) is 46.6 Å².